The molecular weight excluding hydrogens is 334 g/mol. The van der Waals surface area contributed by atoms with Gasteiger partial charge in [0.05, 0.1) is 17.4 Å². The number of nitrogens with zero attached hydrogens (tertiary/aromatic N) is 1. The molecule has 3 rings (SSSR count). The molecule has 4 nitrogen and oxygen atoms in total. The Hall–Kier alpha value is -2.46. The summed E-state index contributed by atoms with van der Waals surface area (Å²) in [5.74, 6) is 1.67. The second-order valence-corrected chi connectivity index (χ2v) is 7.61. The van der Waals surface area contributed by atoms with E-state index in [-0.39, 0.29) is 11.6 Å². The van der Waals surface area contributed by atoms with E-state index in [0.717, 1.165) is 11.9 Å². The summed E-state index contributed by atoms with van der Waals surface area (Å²) in [4.78, 5) is 19.7. The Bertz CT molecular complexity index is 944. The van der Waals surface area contributed by atoms with Gasteiger partial charge in [-0.3, -0.25) is 4.79 Å². The lowest BCUT2D eigenvalue weighted by Crippen LogP contribution is -2.27. The number of rotatable bonds is 7. The zero-order valence-corrected chi connectivity index (χ0v) is 16.6. The third-order valence-corrected chi connectivity index (χ3v) is 5.29. The molecular formula is C23H29N3O. The zero-order chi connectivity index (χ0) is 19.4. The maximum atomic E-state index is 12.3. The van der Waals surface area contributed by atoms with Gasteiger partial charge in [0, 0.05) is 6.04 Å². The van der Waals surface area contributed by atoms with Crippen molar-refractivity contribution in [3.63, 3.8) is 0 Å². The molecule has 1 heterocycles. The Morgan fingerprint density at radius 1 is 1.00 bits per heavy atom. The van der Waals surface area contributed by atoms with Crippen molar-refractivity contribution in [3.8, 4) is 0 Å². The van der Waals surface area contributed by atoms with Crippen LogP contribution in [-0.2, 0) is 6.54 Å². The quantitative estimate of drug-likeness (QED) is 0.626. The summed E-state index contributed by atoms with van der Waals surface area (Å²) in [5.41, 5.74) is 3.29. The smallest absolute Gasteiger partial charge is 0.258 e. The molecule has 0 amide bonds. The van der Waals surface area contributed by atoms with Crippen LogP contribution in [0.15, 0.2) is 53.3 Å². The summed E-state index contributed by atoms with van der Waals surface area (Å²) in [6, 6.07) is 16.5. The molecule has 0 saturated heterocycles. The van der Waals surface area contributed by atoms with Crippen LogP contribution in [0, 0.1) is 5.92 Å². The van der Waals surface area contributed by atoms with Crippen molar-refractivity contribution in [2.75, 3.05) is 0 Å². The van der Waals surface area contributed by atoms with Crippen LogP contribution in [0.1, 0.15) is 63.0 Å². The highest BCUT2D eigenvalue weighted by molar-refractivity contribution is 5.77. The average Bonchev–Trinajstić information content (AvgIpc) is 2.68. The first kappa shape index (κ1) is 19.3. The van der Waals surface area contributed by atoms with Crippen molar-refractivity contribution < 1.29 is 0 Å². The minimum Gasteiger partial charge on any atom is -0.309 e. The number of aromatic nitrogens is 2. The summed E-state index contributed by atoms with van der Waals surface area (Å²) in [7, 11) is 0. The van der Waals surface area contributed by atoms with Crippen molar-refractivity contribution in [1.29, 1.82) is 0 Å². The first-order chi connectivity index (χ1) is 13.0. The monoisotopic (exact) mass is 363 g/mol. The standard InChI is InChI=1S/C23H29N3O/c1-5-16(4)17-10-12-18(13-11-17)22(15(2)3)24-14-21-25-20-9-7-6-8-19(20)23(27)26-21/h6-13,15-16,22,24H,5,14H2,1-4H3,(H,25,26,27)/t16-,22-/m0/s1. The van der Waals surface area contributed by atoms with E-state index in [4.69, 9.17) is 0 Å². The van der Waals surface area contributed by atoms with E-state index < -0.39 is 0 Å². The van der Waals surface area contributed by atoms with Crippen LogP contribution in [0.4, 0.5) is 0 Å². The van der Waals surface area contributed by atoms with Gasteiger partial charge in [0.15, 0.2) is 0 Å². The van der Waals surface area contributed by atoms with E-state index in [2.05, 4.69) is 67.2 Å². The molecule has 2 aromatic carbocycles. The number of para-hydroxylation sites is 1. The van der Waals surface area contributed by atoms with Gasteiger partial charge in [-0.15, -0.1) is 0 Å². The zero-order valence-electron chi connectivity index (χ0n) is 16.6. The average molecular weight is 364 g/mol. The maximum Gasteiger partial charge on any atom is 0.258 e. The third kappa shape index (κ3) is 4.45. The SMILES string of the molecule is CC[C@H](C)c1ccc([C@@H](NCc2nc3ccccc3c(=O)[nH]2)C(C)C)cc1. The van der Waals surface area contributed by atoms with E-state index >= 15 is 0 Å². The Balaban J connectivity index is 1.78. The second kappa shape index (κ2) is 8.49. The van der Waals surface area contributed by atoms with E-state index in [0.29, 0.717) is 29.6 Å². The highest BCUT2D eigenvalue weighted by Crippen LogP contribution is 2.25. The van der Waals surface area contributed by atoms with Gasteiger partial charge in [-0.05, 0) is 41.5 Å². The summed E-state index contributed by atoms with van der Waals surface area (Å²) in [5, 5.41) is 4.20. The number of H-pyrrole nitrogens is 1. The lowest BCUT2D eigenvalue weighted by atomic mass is 9.92. The fourth-order valence-corrected chi connectivity index (χ4v) is 3.43. The molecule has 0 bridgehead atoms. The van der Waals surface area contributed by atoms with Gasteiger partial charge in [-0.1, -0.05) is 64.1 Å². The highest BCUT2D eigenvalue weighted by atomic mass is 16.1. The van der Waals surface area contributed by atoms with E-state index in [1.165, 1.54) is 11.1 Å². The minimum absolute atomic E-state index is 0.0867. The molecule has 0 unspecified atom stereocenters. The Morgan fingerprint density at radius 2 is 1.67 bits per heavy atom. The molecule has 4 heteroatoms. The molecule has 2 N–H and O–H groups in total. The summed E-state index contributed by atoms with van der Waals surface area (Å²) >= 11 is 0. The van der Waals surface area contributed by atoms with Crippen molar-refractivity contribution in [3.05, 3.63) is 75.8 Å². The van der Waals surface area contributed by atoms with Gasteiger partial charge in [0.1, 0.15) is 5.82 Å². The molecule has 0 spiro atoms. The fourth-order valence-electron chi connectivity index (χ4n) is 3.43. The summed E-state index contributed by atoms with van der Waals surface area (Å²) in [6.07, 6.45) is 1.15. The molecule has 0 aliphatic carbocycles. The van der Waals surface area contributed by atoms with Crippen LogP contribution in [0.25, 0.3) is 10.9 Å². The first-order valence-corrected chi connectivity index (χ1v) is 9.80. The largest absolute Gasteiger partial charge is 0.309 e. The molecule has 3 aromatic rings. The molecule has 0 aliphatic heterocycles. The number of hydrogen-bond acceptors (Lipinski definition) is 3. The van der Waals surface area contributed by atoms with Gasteiger partial charge < -0.3 is 10.3 Å². The fraction of sp³-hybridized carbons (Fsp3) is 0.391. The lowest BCUT2D eigenvalue weighted by molar-refractivity contribution is 0.406. The van der Waals surface area contributed by atoms with Gasteiger partial charge in [-0.2, -0.15) is 0 Å². The van der Waals surface area contributed by atoms with Crippen LogP contribution in [0.5, 0.6) is 0 Å². The predicted molar refractivity (Wildman–Crippen MR) is 112 cm³/mol. The highest BCUT2D eigenvalue weighted by Gasteiger charge is 2.16. The molecule has 0 aliphatic rings. The number of nitrogens with one attached hydrogen (secondary N) is 2. The summed E-state index contributed by atoms with van der Waals surface area (Å²) < 4.78 is 0. The van der Waals surface area contributed by atoms with Gasteiger partial charge in [0.2, 0.25) is 0 Å². The predicted octanol–water partition coefficient (Wildman–Crippen LogP) is 4.92. The van der Waals surface area contributed by atoms with Crippen LogP contribution in [0.2, 0.25) is 0 Å². The van der Waals surface area contributed by atoms with E-state index in [9.17, 15) is 4.79 Å². The molecule has 27 heavy (non-hydrogen) atoms. The molecule has 0 fully saturated rings. The normalized spacial score (nSPS) is 13.8. The van der Waals surface area contributed by atoms with Crippen LogP contribution < -0.4 is 10.9 Å². The van der Waals surface area contributed by atoms with Crippen molar-refractivity contribution >= 4 is 10.9 Å². The lowest BCUT2D eigenvalue weighted by Gasteiger charge is -2.23. The van der Waals surface area contributed by atoms with E-state index in [1.54, 1.807) is 6.07 Å². The first-order valence-electron chi connectivity index (χ1n) is 9.80. The van der Waals surface area contributed by atoms with Crippen molar-refractivity contribution in [1.82, 2.24) is 15.3 Å². The maximum absolute atomic E-state index is 12.3. The summed E-state index contributed by atoms with van der Waals surface area (Å²) in [6.45, 7) is 9.41. The Morgan fingerprint density at radius 3 is 2.33 bits per heavy atom. The van der Waals surface area contributed by atoms with Crippen molar-refractivity contribution in [2.45, 2.75) is 52.6 Å². The van der Waals surface area contributed by atoms with Crippen molar-refractivity contribution in [2.24, 2.45) is 5.92 Å². The second-order valence-electron chi connectivity index (χ2n) is 7.61. The minimum atomic E-state index is -0.0867. The topological polar surface area (TPSA) is 57.8 Å². The van der Waals surface area contributed by atoms with Gasteiger partial charge >= 0.3 is 0 Å². The molecule has 2 atom stereocenters. The Labute approximate surface area is 161 Å². The van der Waals surface area contributed by atoms with Crippen LogP contribution in [-0.4, -0.2) is 9.97 Å². The third-order valence-electron chi connectivity index (χ3n) is 5.29. The molecule has 0 radical (unpaired) electrons. The van der Waals surface area contributed by atoms with E-state index in [1.807, 2.05) is 18.2 Å². The molecule has 1 aromatic heterocycles. The van der Waals surface area contributed by atoms with Gasteiger partial charge in [0.25, 0.3) is 5.56 Å². The molecule has 0 saturated carbocycles. The molecule has 142 valence electrons. The van der Waals surface area contributed by atoms with Crippen LogP contribution >= 0.6 is 0 Å². The van der Waals surface area contributed by atoms with Gasteiger partial charge in [-0.25, -0.2) is 4.98 Å². The number of benzene rings is 2. The Kier molecular flexibility index (Phi) is 6.07. The van der Waals surface area contributed by atoms with Crippen LogP contribution in [0.3, 0.4) is 0 Å². The number of aromatic amines is 1. The number of hydrogen-bond donors (Lipinski definition) is 2. The number of fused-ring (bicyclic) bond motifs is 1.